The summed E-state index contributed by atoms with van der Waals surface area (Å²) in [4.78, 5) is 26.9. The van der Waals surface area contributed by atoms with E-state index in [0.717, 1.165) is 25.9 Å². The van der Waals surface area contributed by atoms with E-state index in [1.165, 1.54) is 11.8 Å². The van der Waals surface area contributed by atoms with E-state index in [1.54, 1.807) is 30.6 Å². The lowest BCUT2D eigenvalue weighted by molar-refractivity contribution is -0.109. The van der Waals surface area contributed by atoms with Gasteiger partial charge in [-0.3, -0.25) is 14.6 Å². The summed E-state index contributed by atoms with van der Waals surface area (Å²) in [6.45, 7) is 3.48. The summed E-state index contributed by atoms with van der Waals surface area (Å²) in [6.07, 6.45) is 3.83. The Balaban J connectivity index is 1.87. The largest absolute Gasteiger partial charge is 0.341 e. The van der Waals surface area contributed by atoms with Crippen LogP contribution in [-0.2, 0) is 4.79 Å². The average molecular weight is 301 g/mol. The Morgan fingerprint density at radius 1 is 1.37 bits per heavy atom. The first-order valence-electron chi connectivity index (χ1n) is 6.35. The molecule has 0 aromatic heterocycles. The van der Waals surface area contributed by atoms with Gasteiger partial charge in [0.15, 0.2) is 5.12 Å². The highest BCUT2D eigenvalue weighted by Gasteiger charge is 2.33. The average Bonchev–Trinajstić information content (AvgIpc) is 2.87. The van der Waals surface area contributed by atoms with Crippen LogP contribution in [0.2, 0.25) is 0 Å². The molecule has 0 spiro atoms. The molecule has 1 atom stereocenters. The van der Waals surface area contributed by atoms with Crippen molar-refractivity contribution in [2.75, 3.05) is 20.1 Å². The van der Waals surface area contributed by atoms with Crippen molar-refractivity contribution >= 4 is 34.7 Å². The number of hydrogen-bond donors (Lipinski definition) is 1. The number of likely N-dealkylation sites (tertiary alicyclic amines) is 1. The maximum atomic E-state index is 11.8. The third-order valence-electron chi connectivity index (χ3n) is 3.23. The monoisotopic (exact) mass is 301 g/mol. The molecule has 0 aromatic carbocycles. The standard InChI is InChI=1S/C12H19N3O2S2/c1-9(16)19-10-3-5-14(6-4-10)12-15(7-8-18-12)11(17)13-2/h7-8,10,12H,3-6H2,1-2H3,(H,13,17). The smallest absolute Gasteiger partial charge is 0.323 e. The minimum Gasteiger partial charge on any atom is -0.341 e. The molecule has 1 saturated heterocycles. The molecule has 0 bridgehead atoms. The van der Waals surface area contributed by atoms with E-state index in [1.807, 2.05) is 11.6 Å². The predicted molar refractivity (Wildman–Crippen MR) is 79.7 cm³/mol. The number of urea groups is 1. The Labute approximate surface area is 122 Å². The summed E-state index contributed by atoms with van der Waals surface area (Å²) in [6, 6.07) is -0.0773. The number of carbonyl (C=O) groups is 2. The summed E-state index contributed by atoms with van der Waals surface area (Å²) in [5, 5.41) is 5.24. The van der Waals surface area contributed by atoms with Crippen LogP contribution in [0.1, 0.15) is 19.8 Å². The summed E-state index contributed by atoms with van der Waals surface area (Å²) < 4.78 is 0. The van der Waals surface area contributed by atoms with Crippen molar-refractivity contribution in [1.29, 1.82) is 0 Å². The summed E-state index contributed by atoms with van der Waals surface area (Å²) in [5.74, 6) is 0. The van der Waals surface area contributed by atoms with E-state index in [9.17, 15) is 9.59 Å². The van der Waals surface area contributed by atoms with Crippen molar-refractivity contribution in [1.82, 2.24) is 15.1 Å². The molecule has 2 aliphatic heterocycles. The second-order valence-electron chi connectivity index (χ2n) is 4.55. The summed E-state index contributed by atoms with van der Waals surface area (Å²) in [7, 11) is 1.64. The van der Waals surface area contributed by atoms with E-state index in [0.29, 0.717) is 5.25 Å². The topological polar surface area (TPSA) is 52.7 Å². The molecular formula is C12H19N3O2S2. The fourth-order valence-electron chi connectivity index (χ4n) is 2.32. The van der Waals surface area contributed by atoms with E-state index in [4.69, 9.17) is 0 Å². The number of hydrogen-bond acceptors (Lipinski definition) is 5. The molecule has 0 radical (unpaired) electrons. The van der Waals surface area contributed by atoms with E-state index >= 15 is 0 Å². The van der Waals surface area contributed by atoms with Gasteiger partial charge < -0.3 is 5.32 Å². The molecule has 7 heteroatoms. The van der Waals surface area contributed by atoms with Crippen molar-refractivity contribution in [3.8, 4) is 0 Å². The van der Waals surface area contributed by atoms with Gasteiger partial charge in [0, 0.05) is 38.5 Å². The quantitative estimate of drug-likeness (QED) is 0.844. The summed E-state index contributed by atoms with van der Waals surface area (Å²) >= 11 is 3.10. The Morgan fingerprint density at radius 3 is 2.63 bits per heavy atom. The normalized spacial score (nSPS) is 24.7. The lowest BCUT2D eigenvalue weighted by Crippen LogP contribution is -2.50. The fourth-order valence-corrected chi connectivity index (χ4v) is 4.26. The molecule has 0 aromatic rings. The van der Waals surface area contributed by atoms with Gasteiger partial charge in [0.1, 0.15) is 5.50 Å². The molecule has 2 rings (SSSR count). The Hall–Kier alpha value is -0.660. The molecule has 2 aliphatic rings. The lowest BCUT2D eigenvalue weighted by Gasteiger charge is -2.38. The highest BCUT2D eigenvalue weighted by Crippen LogP contribution is 2.32. The number of rotatable bonds is 2. The lowest BCUT2D eigenvalue weighted by atomic mass is 10.1. The minimum absolute atomic E-state index is 0.0585. The van der Waals surface area contributed by atoms with Gasteiger partial charge in [0.25, 0.3) is 0 Å². The summed E-state index contributed by atoms with van der Waals surface area (Å²) in [5.41, 5.74) is 0.0585. The number of nitrogens with one attached hydrogen (secondary N) is 1. The van der Waals surface area contributed by atoms with Crippen molar-refractivity contribution in [3.05, 3.63) is 11.6 Å². The number of carbonyl (C=O) groups excluding carboxylic acids is 2. The first kappa shape index (κ1) is 14.7. The van der Waals surface area contributed by atoms with Crippen molar-refractivity contribution < 1.29 is 9.59 Å². The second kappa shape index (κ2) is 6.67. The van der Waals surface area contributed by atoms with Crippen molar-refractivity contribution in [2.24, 2.45) is 0 Å². The number of nitrogens with zero attached hydrogens (tertiary/aromatic N) is 2. The van der Waals surface area contributed by atoms with Crippen molar-refractivity contribution in [2.45, 2.75) is 30.5 Å². The zero-order chi connectivity index (χ0) is 13.8. The van der Waals surface area contributed by atoms with Gasteiger partial charge in [-0.15, -0.1) is 0 Å². The first-order valence-corrected chi connectivity index (χ1v) is 8.17. The molecule has 1 unspecified atom stereocenters. The fraction of sp³-hybridized carbons (Fsp3) is 0.667. The van der Waals surface area contributed by atoms with Crippen LogP contribution in [0.3, 0.4) is 0 Å². The van der Waals surface area contributed by atoms with Gasteiger partial charge in [-0.05, 0) is 18.2 Å². The number of thioether (sulfide) groups is 2. The Kier molecular flexibility index (Phi) is 5.18. The van der Waals surface area contributed by atoms with Gasteiger partial charge in [-0.1, -0.05) is 23.5 Å². The van der Waals surface area contributed by atoms with Gasteiger partial charge in [-0.25, -0.2) is 4.79 Å². The van der Waals surface area contributed by atoms with Gasteiger partial charge in [-0.2, -0.15) is 0 Å². The molecule has 19 heavy (non-hydrogen) atoms. The maximum absolute atomic E-state index is 11.8. The third kappa shape index (κ3) is 3.67. The van der Waals surface area contributed by atoms with Crippen LogP contribution in [0.5, 0.6) is 0 Å². The van der Waals surface area contributed by atoms with Crippen LogP contribution in [-0.4, -0.2) is 51.8 Å². The molecule has 2 amide bonds. The van der Waals surface area contributed by atoms with E-state index in [-0.39, 0.29) is 16.6 Å². The van der Waals surface area contributed by atoms with Gasteiger partial charge in [0.05, 0.1) is 0 Å². The van der Waals surface area contributed by atoms with E-state index < -0.39 is 0 Å². The Morgan fingerprint density at radius 2 is 2.05 bits per heavy atom. The Bertz CT molecular complexity index is 381. The first-order chi connectivity index (χ1) is 9.11. The van der Waals surface area contributed by atoms with Gasteiger partial charge in [0.2, 0.25) is 0 Å². The molecule has 0 saturated carbocycles. The predicted octanol–water partition coefficient (Wildman–Crippen LogP) is 1.87. The van der Waals surface area contributed by atoms with Gasteiger partial charge >= 0.3 is 6.03 Å². The van der Waals surface area contributed by atoms with Crippen LogP contribution in [0.25, 0.3) is 0 Å². The van der Waals surface area contributed by atoms with E-state index in [2.05, 4.69) is 10.2 Å². The SMILES string of the molecule is CNC(=O)N1C=CSC1N1CCC(SC(C)=O)CC1. The van der Waals surface area contributed by atoms with Crippen molar-refractivity contribution in [3.63, 3.8) is 0 Å². The molecule has 5 nitrogen and oxygen atoms in total. The van der Waals surface area contributed by atoms with Crippen LogP contribution in [0.15, 0.2) is 11.6 Å². The molecular weight excluding hydrogens is 282 g/mol. The molecule has 2 heterocycles. The number of amides is 2. The second-order valence-corrected chi connectivity index (χ2v) is 7.00. The van der Waals surface area contributed by atoms with Crippen LogP contribution >= 0.6 is 23.5 Å². The van der Waals surface area contributed by atoms with Crippen LogP contribution in [0, 0.1) is 0 Å². The molecule has 1 fully saturated rings. The zero-order valence-corrected chi connectivity index (χ0v) is 12.8. The van der Waals surface area contributed by atoms with Crippen LogP contribution < -0.4 is 5.32 Å². The number of piperidine rings is 1. The molecule has 0 aliphatic carbocycles. The highest BCUT2D eigenvalue weighted by atomic mass is 32.2. The maximum Gasteiger partial charge on any atom is 0.323 e. The zero-order valence-electron chi connectivity index (χ0n) is 11.2. The molecule has 1 N–H and O–H groups in total. The highest BCUT2D eigenvalue weighted by molar-refractivity contribution is 8.14. The molecule has 106 valence electrons. The van der Waals surface area contributed by atoms with Crippen LogP contribution in [0.4, 0.5) is 4.79 Å². The third-order valence-corrected chi connectivity index (χ3v) is 5.41. The minimum atomic E-state index is -0.0773.